The van der Waals surface area contributed by atoms with Crippen LogP contribution in [-0.4, -0.2) is 169 Å². The molecule has 1 unspecified atom stereocenters. The van der Waals surface area contributed by atoms with Crippen LogP contribution in [-0.2, 0) is 40.4 Å². The Balaban J connectivity index is 0.000000231. The highest BCUT2D eigenvalue weighted by Gasteiger charge is 2.22. The van der Waals surface area contributed by atoms with Crippen LogP contribution in [0.4, 0.5) is 35.3 Å². The molecule has 7 aromatic rings. The fraction of sp³-hybridized carbons (Fsp3) is 0.468. The Bertz CT molecular complexity index is 3830. The molecule has 84 heavy (non-hydrogen) atoms. The minimum Gasteiger partial charge on any atom is -0.480 e. The highest BCUT2D eigenvalue weighted by atomic mass is 16.4. The molecule has 0 saturated heterocycles. The molecule has 0 amide bonds. The molecular weight excluding hydrogens is 1100 g/mol. The number of Topliss-reactive ketones (excluding diaryl/α,β-unsaturated/α-hetero) is 2. The van der Waals surface area contributed by atoms with Gasteiger partial charge in [-0.15, -0.1) is 0 Å². The molecule has 37 nitrogen and oxygen atoms in total. The first-order chi connectivity index (χ1) is 40.0. The predicted molar refractivity (Wildman–Crippen MR) is 315 cm³/mol. The summed E-state index contributed by atoms with van der Waals surface area (Å²) in [6.07, 6.45) is 6.68. The number of carboxylic acid groups (broad SMARTS) is 1. The number of aliphatic carboxylic acids is 1. The van der Waals surface area contributed by atoms with Gasteiger partial charge in [-0.3, -0.25) is 62.4 Å². The summed E-state index contributed by atoms with van der Waals surface area (Å²) in [5.41, 5.74) is 30.7. The van der Waals surface area contributed by atoms with Gasteiger partial charge in [-0.1, -0.05) is 6.42 Å². The predicted octanol–water partition coefficient (Wildman–Crippen LogP) is -5.40. The summed E-state index contributed by atoms with van der Waals surface area (Å²) in [6.45, 7) is 5.08. The van der Waals surface area contributed by atoms with Gasteiger partial charge in [0, 0.05) is 85.3 Å². The Morgan fingerprint density at radius 1 is 0.595 bits per heavy atom. The van der Waals surface area contributed by atoms with Crippen molar-refractivity contribution in [1.29, 1.82) is 0 Å². The number of ketones is 2. The molecule has 0 radical (unpaired) electrons. The molecular formula is C47H71N27O10. The third kappa shape index (κ3) is 17.3. The van der Waals surface area contributed by atoms with Crippen LogP contribution in [0.3, 0.4) is 0 Å². The zero-order valence-corrected chi connectivity index (χ0v) is 46.8. The van der Waals surface area contributed by atoms with Crippen LogP contribution < -0.4 is 100 Å². The number of nitrogen functional groups attached to an aromatic ring is 3. The molecule has 0 fully saturated rings. The van der Waals surface area contributed by atoms with E-state index in [2.05, 4.69) is 91.7 Å². The third-order valence-electron chi connectivity index (χ3n) is 12.6. The van der Waals surface area contributed by atoms with E-state index in [1.165, 1.54) is 40.1 Å². The Morgan fingerprint density at radius 3 is 1.30 bits per heavy atom. The van der Waals surface area contributed by atoms with Gasteiger partial charge in [-0.25, -0.2) is 19.4 Å². The molecule has 7 aromatic heterocycles. The summed E-state index contributed by atoms with van der Waals surface area (Å²) in [5.74, 6) is -1.09. The molecule has 37 heteroatoms. The lowest BCUT2D eigenvalue weighted by Crippen LogP contribution is -2.41. The first-order valence-corrected chi connectivity index (χ1v) is 26.1. The molecule has 7 rings (SSSR count). The van der Waals surface area contributed by atoms with Crippen LogP contribution in [0.2, 0.25) is 0 Å². The van der Waals surface area contributed by atoms with Crippen LogP contribution >= 0.6 is 0 Å². The molecule has 3 atom stereocenters. The zero-order valence-electron chi connectivity index (χ0n) is 46.8. The number of fused-ring (bicyclic) bond motifs is 3. The third-order valence-corrected chi connectivity index (χ3v) is 12.6. The van der Waals surface area contributed by atoms with Crippen LogP contribution in [0, 0.1) is 0 Å². The number of aromatic amines is 4. The maximum Gasteiger partial charge on any atom is 0.351 e. The van der Waals surface area contributed by atoms with Crippen molar-refractivity contribution in [3.8, 4) is 0 Å². The van der Waals surface area contributed by atoms with Crippen molar-refractivity contribution in [3.63, 3.8) is 0 Å². The van der Waals surface area contributed by atoms with Crippen molar-refractivity contribution < 1.29 is 19.5 Å². The molecule has 0 spiro atoms. The average Bonchev–Trinajstić information content (AvgIpc) is 2.57. The number of aromatic nitrogens is 14. The summed E-state index contributed by atoms with van der Waals surface area (Å²) in [4.78, 5) is 150. The second kappa shape index (κ2) is 30.7. The van der Waals surface area contributed by atoms with E-state index in [0.717, 1.165) is 12.8 Å². The van der Waals surface area contributed by atoms with Gasteiger partial charge < -0.3 is 76.4 Å². The Kier molecular flexibility index (Phi) is 23.7. The molecule has 0 aliphatic carbocycles. The van der Waals surface area contributed by atoms with Gasteiger partial charge in [-0.2, -0.15) is 29.9 Å². The quantitative estimate of drug-likeness (QED) is 0.0124. The van der Waals surface area contributed by atoms with E-state index in [9.17, 15) is 48.3 Å². The molecule has 0 bridgehead atoms. The standard InChI is InChI=1S/C16H26N10O3.C16H26N8O3.C15H19N9O4/c1-8(27)9(4-3-5-22-14(18)19)21-6-7-26-12-10(11(17)23-16(26)29)13(28)25-15(20-2)24-12;1-9(25)10(5-3-4-6-17)20-7-8-24-13-11(12(18)21-16(24)27)14(26)23-15(19-2)22-13;1-17-14-22-11-9(12(25)23-14)10(16)21-15(28)24(11)3-2-19-8(13(26)27)4-7-5-18-6-20-7/h9,21H,3-7H2,1-2H3,(H2,17,23,29)(H4,18,19,22)(H2,20,24,25,28);10,20H,3-8,17H2,1-2H3,(H2,18,21,27)(H2,19,22,23,26);5-6,8,19H,2-4H2,1H3,(H,18,20)(H,26,27)(H2,16,21,28)(H2,17,22,23,25)/t9-;;8-/m0.0/s1. The second-order valence-electron chi connectivity index (χ2n) is 18.5. The van der Waals surface area contributed by atoms with Crippen LogP contribution in [0.25, 0.3) is 33.1 Å². The number of unbranched alkanes of at least 4 members (excludes halogenated alkanes) is 1. The van der Waals surface area contributed by atoms with Crippen molar-refractivity contribution in [2.24, 2.45) is 22.2 Å². The summed E-state index contributed by atoms with van der Waals surface area (Å²) < 4.78 is 3.68. The van der Waals surface area contributed by atoms with E-state index in [0.29, 0.717) is 44.6 Å². The number of aliphatic imine (C=N–C) groups is 1. The molecule has 0 saturated carbocycles. The average molecular weight is 1170 g/mol. The minimum atomic E-state index is -1.05. The number of carboxylic acids is 1. The van der Waals surface area contributed by atoms with Crippen molar-refractivity contribution in [1.82, 2.24) is 84.5 Å². The maximum atomic E-state index is 12.3. The number of hydrogen-bond donors (Lipinski definition) is 17. The SMILES string of the molecule is CNc1nc2c(c(N)nc(=O)n2CCNC(CCCCN)C(C)=O)c(=O)[nH]1.CNc1nc2c(c(N)nc(=O)n2CCN[C@@H](CCCN=C(N)N)C(C)=O)c(=O)[nH]1.CNc1nc2c(c(N)nc(=O)n2CCN[C@@H](Cc2cnc[nH]2)C(=O)O)c(=O)[nH]1. The van der Waals surface area contributed by atoms with E-state index < -0.39 is 51.8 Å². The second-order valence-corrected chi connectivity index (χ2v) is 18.5. The Hall–Kier alpha value is -10.0. The van der Waals surface area contributed by atoms with Gasteiger partial charge in [0.25, 0.3) is 16.7 Å². The van der Waals surface area contributed by atoms with Gasteiger partial charge in [-0.05, 0) is 46.1 Å². The number of carbonyl (C=O) groups excluding carboxylic acids is 2. The first-order valence-electron chi connectivity index (χ1n) is 26.1. The fourth-order valence-corrected chi connectivity index (χ4v) is 8.36. The minimum absolute atomic E-state index is 0.00265. The normalized spacial score (nSPS) is 12.1. The smallest absolute Gasteiger partial charge is 0.351 e. The lowest BCUT2D eigenvalue weighted by atomic mass is 10.1. The summed E-state index contributed by atoms with van der Waals surface area (Å²) >= 11 is 0. The first kappa shape index (κ1) is 64.8. The number of imidazole rings is 1. The Labute approximate surface area is 474 Å². The largest absolute Gasteiger partial charge is 0.480 e. The molecule has 0 aliphatic heterocycles. The Morgan fingerprint density at radius 2 is 0.976 bits per heavy atom. The monoisotopic (exact) mass is 1170 g/mol. The van der Waals surface area contributed by atoms with Crippen molar-refractivity contribution in [2.75, 3.05) is 87.0 Å². The summed E-state index contributed by atoms with van der Waals surface area (Å²) in [6, 6.07) is -1.63. The van der Waals surface area contributed by atoms with E-state index >= 15 is 0 Å². The van der Waals surface area contributed by atoms with Gasteiger partial charge >= 0.3 is 23.0 Å². The number of rotatable bonds is 28. The summed E-state index contributed by atoms with van der Waals surface area (Å²) in [7, 11) is 4.74. The number of nitrogens with zero attached hydrogens (tertiary/aromatic N) is 11. The van der Waals surface area contributed by atoms with Crippen LogP contribution in [0.5, 0.6) is 0 Å². The lowest BCUT2D eigenvalue weighted by molar-refractivity contribution is -0.139. The molecule has 0 aliphatic rings. The highest BCUT2D eigenvalue weighted by molar-refractivity contribution is 5.87. The fourth-order valence-electron chi connectivity index (χ4n) is 8.36. The van der Waals surface area contributed by atoms with E-state index in [-0.39, 0.29) is 131 Å². The van der Waals surface area contributed by atoms with Gasteiger partial charge in [0.1, 0.15) is 51.2 Å². The number of hydrogen-bond acceptors (Lipinski definition) is 27. The maximum absolute atomic E-state index is 12.3. The summed E-state index contributed by atoms with van der Waals surface area (Å²) in [5, 5.41) is 26.7. The van der Waals surface area contributed by atoms with E-state index in [4.69, 9.17) is 34.4 Å². The lowest BCUT2D eigenvalue weighted by Gasteiger charge is -2.17. The zero-order chi connectivity index (χ0) is 61.8. The topological polar surface area (TPSA) is 583 Å². The van der Waals surface area contributed by atoms with Gasteiger partial charge in [0.05, 0.1) is 18.4 Å². The number of guanidine groups is 1. The number of nitrogens with one attached hydrogen (secondary N) is 10. The van der Waals surface area contributed by atoms with Crippen molar-refractivity contribution in [2.45, 2.75) is 90.1 Å². The number of H-pyrrole nitrogens is 4. The van der Waals surface area contributed by atoms with E-state index in [1.54, 1.807) is 21.1 Å². The molecule has 0 aromatic carbocycles. The number of anilines is 6. The number of nitrogens with two attached hydrogens (primary N) is 6. The number of carbonyl (C=O) groups is 3. The molecule has 23 N–H and O–H groups in total. The molecule has 7 heterocycles. The van der Waals surface area contributed by atoms with Gasteiger partial charge in [0.15, 0.2) is 22.9 Å². The highest BCUT2D eigenvalue weighted by Crippen LogP contribution is 2.15. The van der Waals surface area contributed by atoms with E-state index in [1.807, 2.05) is 0 Å². The van der Waals surface area contributed by atoms with Crippen LogP contribution in [0.15, 0.2) is 46.3 Å². The van der Waals surface area contributed by atoms with Crippen molar-refractivity contribution in [3.05, 3.63) is 80.7 Å². The van der Waals surface area contributed by atoms with Crippen molar-refractivity contribution >= 4 is 91.9 Å². The van der Waals surface area contributed by atoms with Gasteiger partial charge in [0.2, 0.25) is 17.8 Å². The van der Waals surface area contributed by atoms with Crippen LogP contribution in [0.1, 0.15) is 51.6 Å². The molecule has 454 valence electrons.